The van der Waals surface area contributed by atoms with Gasteiger partial charge in [0, 0.05) is 15.1 Å². The molecular formula is C11H13BrIN3O2. The zero-order chi connectivity index (χ0) is 13.9. The number of oxime groups is 1. The van der Waals surface area contributed by atoms with E-state index >= 15 is 0 Å². The lowest BCUT2D eigenvalue weighted by atomic mass is 10.1. The van der Waals surface area contributed by atoms with Crippen LogP contribution in [0.3, 0.4) is 0 Å². The number of nitrogens with two attached hydrogens (primary N) is 1. The lowest BCUT2D eigenvalue weighted by Gasteiger charge is -2.24. The summed E-state index contributed by atoms with van der Waals surface area (Å²) in [6.07, 6.45) is 0. The number of nitrogens with zero attached hydrogens (tertiary/aromatic N) is 2. The predicted octanol–water partition coefficient (Wildman–Crippen LogP) is 2.26. The number of rotatable bonds is 3. The zero-order valence-electron chi connectivity index (χ0n) is 9.89. The van der Waals surface area contributed by atoms with Gasteiger partial charge in [-0.15, -0.1) is 0 Å². The Bertz CT molecular complexity index is 493. The van der Waals surface area contributed by atoms with Crippen LogP contribution in [0.25, 0.3) is 0 Å². The van der Waals surface area contributed by atoms with Gasteiger partial charge in [-0.05, 0) is 47.7 Å². The van der Waals surface area contributed by atoms with Crippen molar-refractivity contribution < 1.29 is 10.0 Å². The largest absolute Gasteiger partial charge is 0.409 e. The molecule has 1 atom stereocenters. The summed E-state index contributed by atoms with van der Waals surface area (Å²) in [7, 11) is 1.61. The lowest BCUT2D eigenvalue weighted by molar-refractivity contribution is 0.0775. The maximum absolute atomic E-state index is 12.3. The zero-order valence-corrected chi connectivity index (χ0v) is 13.6. The van der Waals surface area contributed by atoms with Gasteiger partial charge < -0.3 is 15.8 Å². The molecule has 0 spiro atoms. The Morgan fingerprint density at radius 2 is 2.22 bits per heavy atom. The summed E-state index contributed by atoms with van der Waals surface area (Å²) >= 11 is 5.43. The van der Waals surface area contributed by atoms with E-state index in [4.69, 9.17) is 10.9 Å². The number of benzene rings is 1. The first-order valence-corrected chi connectivity index (χ1v) is 6.95. The van der Waals surface area contributed by atoms with E-state index < -0.39 is 6.04 Å². The number of hydrogen-bond acceptors (Lipinski definition) is 3. The molecular weight excluding hydrogens is 413 g/mol. The Morgan fingerprint density at radius 3 is 2.78 bits per heavy atom. The van der Waals surface area contributed by atoms with E-state index in [2.05, 4.69) is 43.7 Å². The van der Waals surface area contributed by atoms with Crippen molar-refractivity contribution in [3.63, 3.8) is 0 Å². The van der Waals surface area contributed by atoms with E-state index in [-0.39, 0.29) is 11.7 Å². The Kier molecular flexibility index (Phi) is 5.39. The van der Waals surface area contributed by atoms with Gasteiger partial charge in [0.05, 0.1) is 11.6 Å². The Labute approximate surface area is 127 Å². The number of carbonyl (C=O) groups is 1. The molecule has 0 aromatic heterocycles. The summed E-state index contributed by atoms with van der Waals surface area (Å²) in [6, 6.07) is 4.99. The summed E-state index contributed by atoms with van der Waals surface area (Å²) in [4.78, 5) is 13.7. The molecule has 3 N–H and O–H groups in total. The molecule has 7 heteroatoms. The smallest absolute Gasteiger partial charge is 0.255 e. The fourth-order valence-electron chi connectivity index (χ4n) is 1.31. The number of halogens is 2. The van der Waals surface area contributed by atoms with Crippen LogP contribution in [-0.4, -0.2) is 34.9 Å². The van der Waals surface area contributed by atoms with Gasteiger partial charge >= 0.3 is 0 Å². The van der Waals surface area contributed by atoms with Crippen molar-refractivity contribution in [3.8, 4) is 0 Å². The Morgan fingerprint density at radius 1 is 1.61 bits per heavy atom. The number of carbonyl (C=O) groups excluding carboxylic acids is 1. The molecule has 0 aliphatic rings. The van der Waals surface area contributed by atoms with Crippen molar-refractivity contribution in [1.29, 1.82) is 0 Å². The van der Waals surface area contributed by atoms with Gasteiger partial charge in [0.1, 0.15) is 0 Å². The monoisotopic (exact) mass is 425 g/mol. The molecule has 1 aromatic rings. The highest BCUT2D eigenvalue weighted by molar-refractivity contribution is 14.1. The normalized spacial score (nSPS) is 13.2. The molecule has 0 bridgehead atoms. The molecule has 5 nitrogen and oxygen atoms in total. The molecule has 0 heterocycles. The van der Waals surface area contributed by atoms with Gasteiger partial charge in [0.25, 0.3) is 5.91 Å². The molecule has 0 aliphatic carbocycles. The van der Waals surface area contributed by atoms with Crippen LogP contribution >= 0.6 is 38.5 Å². The minimum Gasteiger partial charge on any atom is -0.409 e. The van der Waals surface area contributed by atoms with Gasteiger partial charge in [0.2, 0.25) is 0 Å². The molecule has 18 heavy (non-hydrogen) atoms. The van der Waals surface area contributed by atoms with E-state index in [9.17, 15) is 4.79 Å². The van der Waals surface area contributed by atoms with Gasteiger partial charge in [-0.1, -0.05) is 21.1 Å². The molecule has 1 aromatic carbocycles. The van der Waals surface area contributed by atoms with Crippen molar-refractivity contribution >= 4 is 50.3 Å². The van der Waals surface area contributed by atoms with Crippen LogP contribution < -0.4 is 5.73 Å². The maximum Gasteiger partial charge on any atom is 0.255 e. The van der Waals surface area contributed by atoms with E-state index in [1.54, 1.807) is 20.0 Å². The van der Waals surface area contributed by atoms with Crippen molar-refractivity contribution in [2.45, 2.75) is 13.0 Å². The SMILES string of the molecule is CC(/C(N)=N/O)N(C)C(=O)c1cc(Br)ccc1I. The highest BCUT2D eigenvalue weighted by Crippen LogP contribution is 2.20. The molecule has 0 saturated carbocycles. The molecule has 1 rings (SSSR count). The first-order chi connectivity index (χ1) is 8.38. The van der Waals surface area contributed by atoms with Gasteiger partial charge in [0.15, 0.2) is 5.84 Å². The highest BCUT2D eigenvalue weighted by atomic mass is 127. The average Bonchev–Trinajstić information content (AvgIpc) is 2.38. The van der Waals surface area contributed by atoms with Crippen LogP contribution in [0, 0.1) is 3.57 Å². The van der Waals surface area contributed by atoms with Gasteiger partial charge in [-0.25, -0.2) is 0 Å². The predicted molar refractivity (Wildman–Crippen MR) is 81.8 cm³/mol. The van der Waals surface area contributed by atoms with E-state index in [0.29, 0.717) is 5.56 Å². The third-order valence-electron chi connectivity index (χ3n) is 2.60. The van der Waals surface area contributed by atoms with Crippen molar-refractivity contribution in [2.75, 3.05) is 7.05 Å². The van der Waals surface area contributed by atoms with E-state index in [1.807, 2.05) is 12.1 Å². The fourth-order valence-corrected chi connectivity index (χ4v) is 2.24. The van der Waals surface area contributed by atoms with Gasteiger partial charge in [-0.3, -0.25) is 4.79 Å². The molecule has 0 aliphatic heterocycles. The minimum atomic E-state index is -0.475. The number of amides is 1. The second-order valence-electron chi connectivity index (χ2n) is 3.74. The Balaban J connectivity index is 3.03. The number of hydrogen-bond donors (Lipinski definition) is 2. The third-order valence-corrected chi connectivity index (χ3v) is 4.04. The third kappa shape index (κ3) is 3.35. The maximum atomic E-state index is 12.3. The molecule has 1 unspecified atom stereocenters. The standard InChI is InChI=1S/C11H13BrIN3O2/c1-6(10(14)15-18)16(2)11(17)8-5-7(12)3-4-9(8)13/h3-6,18H,1-2H3,(H2,14,15). The van der Waals surface area contributed by atoms with Crippen molar-refractivity contribution in [3.05, 3.63) is 31.8 Å². The molecule has 0 saturated heterocycles. The van der Waals surface area contributed by atoms with Crippen LogP contribution in [0.1, 0.15) is 17.3 Å². The van der Waals surface area contributed by atoms with Crippen LogP contribution in [0.15, 0.2) is 27.8 Å². The fraction of sp³-hybridized carbons (Fsp3) is 0.273. The summed E-state index contributed by atoms with van der Waals surface area (Å²) in [5.74, 6) is -0.185. The topological polar surface area (TPSA) is 78.9 Å². The first kappa shape index (κ1) is 15.2. The average molecular weight is 426 g/mol. The quantitative estimate of drug-likeness (QED) is 0.256. The second kappa shape index (κ2) is 6.37. The molecule has 0 fully saturated rings. The minimum absolute atomic E-state index is 0.00384. The molecule has 98 valence electrons. The van der Waals surface area contributed by atoms with E-state index in [1.165, 1.54) is 4.90 Å². The van der Waals surface area contributed by atoms with Crippen LogP contribution in [0.2, 0.25) is 0 Å². The van der Waals surface area contributed by atoms with Crippen LogP contribution in [0.5, 0.6) is 0 Å². The molecule has 0 radical (unpaired) electrons. The van der Waals surface area contributed by atoms with Crippen molar-refractivity contribution in [1.82, 2.24) is 4.90 Å². The summed E-state index contributed by atoms with van der Waals surface area (Å²) in [5, 5.41) is 11.5. The summed E-state index contributed by atoms with van der Waals surface area (Å²) in [6.45, 7) is 1.69. The first-order valence-electron chi connectivity index (χ1n) is 5.08. The second-order valence-corrected chi connectivity index (χ2v) is 5.82. The van der Waals surface area contributed by atoms with Crippen LogP contribution in [-0.2, 0) is 0 Å². The van der Waals surface area contributed by atoms with Crippen molar-refractivity contribution in [2.24, 2.45) is 10.9 Å². The van der Waals surface area contributed by atoms with E-state index in [0.717, 1.165) is 8.04 Å². The summed E-state index contributed by atoms with van der Waals surface area (Å²) < 4.78 is 1.68. The number of amidine groups is 1. The Hall–Kier alpha value is -0.830. The highest BCUT2D eigenvalue weighted by Gasteiger charge is 2.22. The van der Waals surface area contributed by atoms with Gasteiger partial charge in [-0.2, -0.15) is 0 Å². The summed E-state index contributed by atoms with van der Waals surface area (Å²) in [5.41, 5.74) is 6.07. The lowest BCUT2D eigenvalue weighted by Crippen LogP contribution is -2.44. The molecule has 1 amide bonds. The number of likely N-dealkylation sites (N-methyl/N-ethyl adjacent to an activating group) is 1. The van der Waals surface area contributed by atoms with Crippen LogP contribution in [0.4, 0.5) is 0 Å².